The molecule has 3 aromatic rings. The van der Waals surface area contributed by atoms with Gasteiger partial charge in [-0.2, -0.15) is 13.2 Å². The first-order valence-corrected chi connectivity index (χ1v) is 10.6. The quantitative estimate of drug-likeness (QED) is 0.287. The lowest BCUT2D eigenvalue weighted by atomic mass is 10.1. The minimum Gasteiger partial charge on any atom is -0.313 e. The van der Waals surface area contributed by atoms with Gasteiger partial charge in [0, 0.05) is 28.4 Å². The number of halogens is 4. The molecule has 0 radical (unpaired) electrons. The van der Waals surface area contributed by atoms with Gasteiger partial charge in [0.2, 0.25) is 0 Å². The maximum Gasteiger partial charge on any atom is 0.418 e. The predicted octanol–water partition coefficient (Wildman–Crippen LogP) is 5.78. The molecule has 0 aliphatic carbocycles. The second kappa shape index (κ2) is 8.01. The third kappa shape index (κ3) is 4.36. The molecule has 4 nitrogen and oxygen atoms in total. The van der Waals surface area contributed by atoms with E-state index in [4.69, 9.17) is 11.6 Å². The van der Waals surface area contributed by atoms with E-state index in [-0.39, 0.29) is 11.7 Å². The summed E-state index contributed by atoms with van der Waals surface area (Å²) < 4.78 is 53.5. The van der Waals surface area contributed by atoms with Crippen molar-refractivity contribution in [2.24, 2.45) is 0 Å². The smallest absolute Gasteiger partial charge is 0.313 e. The molecule has 0 saturated carbocycles. The first-order valence-electron chi connectivity index (χ1n) is 8.37. The molecule has 0 spiro atoms. The van der Waals surface area contributed by atoms with Crippen LogP contribution in [0.25, 0.3) is 0 Å². The lowest BCUT2D eigenvalue weighted by Crippen LogP contribution is -2.18. The summed E-state index contributed by atoms with van der Waals surface area (Å²) in [6.07, 6.45) is -5.18. The number of hydrogen-bond acceptors (Lipinski definition) is 3. The molecule has 0 aliphatic heterocycles. The first-order chi connectivity index (χ1) is 13.6. The fourth-order valence-electron chi connectivity index (χ4n) is 3.03. The number of hydrogen-bond donors (Lipinski definition) is 0. The Labute approximate surface area is 169 Å². The average Bonchev–Trinajstić information content (AvgIpc) is 2.68. The molecule has 0 atom stereocenters. The van der Waals surface area contributed by atoms with Crippen LogP contribution in [0, 0.1) is 10.1 Å². The van der Waals surface area contributed by atoms with Crippen LogP contribution in [0.5, 0.6) is 0 Å². The Morgan fingerprint density at radius 2 is 1.41 bits per heavy atom. The van der Waals surface area contributed by atoms with Crippen molar-refractivity contribution >= 4 is 35.0 Å². The van der Waals surface area contributed by atoms with E-state index in [1.165, 1.54) is 0 Å². The molecule has 0 N–H and O–H groups in total. The van der Waals surface area contributed by atoms with Crippen LogP contribution in [0.3, 0.4) is 0 Å². The summed E-state index contributed by atoms with van der Waals surface area (Å²) in [6, 6.07) is 18.0. The molecule has 3 rings (SSSR count). The van der Waals surface area contributed by atoms with Gasteiger partial charge in [0.25, 0.3) is 5.69 Å². The zero-order valence-electron chi connectivity index (χ0n) is 14.8. The fourth-order valence-corrected chi connectivity index (χ4v) is 6.02. The second-order valence-corrected chi connectivity index (χ2v) is 9.52. The molecule has 0 aliphatic rings. The van der Waals surface area contributed by atoms with Crippen molar-refractivity contribution in [1.82, 2.24) is 0 Å². The van der Waals surface area contributed by atoms with Crippen molar-refractivity contribution in [2.75, 3.05) is 0 Å². The van der Waals surface area contributed by atoms with Crippen LogP contribution < -0.4 is 10.6 Å². The first kappa shape index (κ1) is 21.1. The number of nitro groups is 1. The topological polar surface area (TPSA) is 60.2 Å². The number of nitrogens with zero attached hydrogens (tertiary/aromatic N) is 1. The van der Waals surface area contributed by atoms with Gasteiger partial charge < -0.3 is 4.57 Å². The van der Waals surface area contributed by atoms with E-state index in [0.717, 1.165) is 6.07 Å². The molecule has 0 amide bonds. The second-order valence-electron chi connectivity index (χ2n) is 6.28. The predicted molar refractivity (Wildman–Crippen MR) is 107 cm³/mol. The standard InChI is InChI=1S/C20H14ClF3NO3P/c21-18-11-14(19(25(26)27)12-17(18)20(22,23)24)13-29(28,15-7-3-1-4-8-15)16-9-5-2-6-10-16/h1-12H,13H2. The van der Waals surface area contributed by atoms with Gasteiger partial charge in [-0.05, 0) is 6.07 Å². The molecular weight excluding hydrogens is 426 g/mol. The van der Waals surface area contributed by atoms with Gasteiger partial charge >= 0.3 is 6.18 Å². The summed E-state index contributed by atoms with van der Waals surface area (Å²) in [4.78, 5) is 10.6. The highest BCUT2D eigenvalue weighted by Crippen LogP contribution is 2.49. The summed E-state index contributed by atoms with van der Waals surface area (Å²) in [7, 11) is -3.43. The van der Waals surface area contributed by atoms with Gasteiger partial charge in [-0.3, -0.25) is 10.1 Å². The molecule has 9 heteroatoms. The number of benzene rings is 3. The SMILES string of the molecule is O=[N+]([O-])c1cc(C(F)(F)F)c(Cl)cc1CP(=O)(c1ccccc1)c1ccccc1. The molecule has 0 saturated heterocycles. The van der Waals surface area contributed by atoms with E-state index in [1.807, 2.05) is 0 Å². The molecule has 150 valence electrons. The molecule has 0 heterocycles. The third-order valence-electron chi connectivity index (χ3n) is 4.41. The van der Waals surface area contributed by atoms with E-state index in [0.29, 0.717) is 16.7 Å². The number of rotatable bonds is 5. The Kier molecular flexibility index (Phi) is 5.82. The molecule has 0 fully saturated rings. The van der Waals surface area contributed by atoms with Crippen molar-refractivity contribution in [3.8, 4) is 0 Å². The van der Waals surface area contributed by atoms with Crippen molar-refractivity contribution in [1.29, 1.82) is 0 Å². The maximum atomic E-state index is 14.1. The van der Waals surface area contributed by atoms with Crippen LogP contribution in [-0.4, -0.2) is 4.92 Å². The molecule has 3 aromatic carbocycles. The van der Waals surface area contributed by atoms with Crippen molar-refractivity contribution in [3.05, 3.63) is 99.1 Å². The van der Waals surface area contributed by atoms with Crippen LogP contribution in [0.15, 0.2) is 72.8 Å². The summed E-state index contributed by atoms with van der Waals surface area (Å²) in [5.41, 5.74) is -2.19. The lowest BCUT2D eigenvalue weighted by Gasteiger charge is -2.20. The van der Waals surface area contributed by atoms with Gasteiger partial charge in [-0.15, -0.1) is 0 Å². The van der Waals surface area contributed by atoms with Crippen molar-refractivity contribution in [2.45, 2.75) is 12.3 Å². The maximum absolute atomic E-state index is 14.1. The zero-order valence-corrected chi connectivity index (χ0v) is 16.4. The van der Waals surface area contributed by atoms with E-state index >= 15 is 0 Å². The zero-order chi connectivity index (χ0) is 21.2. The van der Waals surface area contributed by atoms with Crippen LogP contribution in [0.1, 0.15) is 11.1 Å². The highest BCUT2D eigenvalue weighted by molar-refractivity contribution is 7.78. The van der Waals surface area contributed by atoms with E-state index < -0.39 is 34.5 Å². The molecule has 29 heavy (non-hydrogen) atoms. The Morgan fingerprint density at radius 3 is 1.83 bits per heavy atom. The minimum atomic E-state index is -4.84. The highest BCUT2D eigenvalue weighted by atomic mass is 35.5. The van der Waals surface area contributed by atoms with Crippen LogP contribution in [0.4, 0.5) is 18.9 Å². The van der Waals surface area contributed by atoms with Gasteiger partial charge in [0.15, 0.2) is 0 Å². The monoisotopic (exact) mass is 439 g/mol. The highest BCUT2D eigenvalue weighted by Gasteiger charge is 2.37. The normalized spacial score (nSPS) is 12.0. The lowest BCUT2D eigenvalue weighted by molar-refractivity contribution is -0.385. The molecule has 0 aromatic heterocycles. The Bertz CT molecular complexity index is 1050. The largest absolute Gasteiger partial charge is 0.418 e. The van der Waals surface area contributed by atoms with Crippen LogP contribution >= 0.6 is 18.7 Å². The fraction of sp³-hybridized carbons (Fsp3) is 0.100. The summed E-state index contributed by atoms with van der Waals surface area (Å²) >= 11 is 5.78. The van der Waals surface area contributed by atoms with Gasteiger partial charge in [-0.25, -0.2) is 0 Å². The van der Waals surface area contributed by atoms with E-state index in [1.54, 1.807) is 60.7 Å². The number of alkyl halides is 3. The Hall–Kier alpha value is -2.63. The molecule has 0 bridgehead atoms. The Morgan fingerprint density at radius 1 is 0.931 bits per heavy atom. The van der Waals surface area contributed by atoms with Crippen LogP contribution in [-0.2, 0) is 16.9 Å². The van der Waals surface area contributed by atoms with Crippen LogP contribution in [0.2, 0.25) is 5.02 Å². The summed E-state index contributed by atoms with van der Waals surface area (Å²) in [6.45, 7) is 0. The van der Waals surface area contributed by atoms with Crippen molar-refractivity contribution in [3.63, 3.8) is 0 Å². The summed E-state index contributed by atoms with van der Waals surface area (Å²) in [5, 5.41) is 11.7. The van der Waals surface area contributed by atoms with Gasteiger partial charge in [0.05, 0.1) is 15.5 Å². The summed E-state index contributed by atoms with van der Waals surface area (Å²) in [5.74, 6) is 0. The Balaban J connectivity index is 2.20. The third-order valence-corrected chi connectivity index (χ3v) is 7.77. The van der Waals surface area contributed by atoms with Crippen molar-refractivity contribution < 1.29 is 22.7 Å². The minimum absolute atomic E-state index is 0.121. The van der Waals surface area contributed by atoms with E-state index in [9.17, 15) is 27.9 Å². The van der Waals surface area contributed by atoms with Gasteiger partial charge in [-0.1, -0.05) is 72.3 Å². The average molecular weight is 440 g/mol. The van der Waals surface area contributed by atoms with Gasteiger partial charge in [0.1, 0.15) is 7.14 Å². The van der Waals surface area contributed by atoms with E-state index in [2.05, 4.69) is 0 Å². The number of nitro benzene ring substituents is 1. The molecule has 0 unspecified atom stereocenters. The molecular formula is C20H14ClF3NO3P.